The third-order valence-corrected chi connectivity index (χ3v) is 0. The fourth-order valence-corrected chi connectivity index (χ4v) is 0. The molecule has 0 heterocycles. The maximum absolute atomic E-state index is 0. The molecule has 4 heteroatoms. The average Bonchev–Trinajstić information content (AvgIpc) is 0. The zero-order valence-electron chi connectivity index (χ0n) is 1.80. The van der Waals surface area contributed by atoms with E-state index in [4.69, 9.17) is 0 Å². The Morgan fingerprint density at radius 1 is 0.750 bits per heavy atom. The minimum absolute atomic E-state index is 0. The van der Waals surface area contributed by atoms with Crippen LogP contribution < -0.4 is 0 Å². The Balaban J connectivity index is 0. The SMILES string of the molecule is [O-2].[OH-].[OH-].[Pb+4]. The van der Waals surface area contributed by atoms with Crippen molar-refractivity contribution < 1.29 is 16.4 Å². The van der Waals surface area contributed by atoms with E-state index in [1.54, 1.807) is 0 Å². The molecule has 0 aromatic heterocycles. The summed E-state index contributed by atoms with van der Waals surface area (Å²) in [6.45, 7) is 0. The second-order valence-electron chi connectivity index (χ2n) is 0. The van der Waals surface area contributed by atoms with Crippen LogP contribution in [0.25, 0.3) is 0 Å². The molecule has 0 aliphatic heterocycles. The van der Waals surface area contributed by atoms with Gasteiger partial charge in [-0.3, -0.25) is 0 Å². The molecule has 0 amide bonds. The quantitative estimate of drug-likeness (QED) is 0.529. The summed E-state index contributed by atoms with van der Waals surface area (Å²) in [5.74, 6) is 0. The van der Waals surface area contributed by atoms with Gasteiger partial charge in [0.2, 0.25) is 0 Å². The van der Waals surface area contributed by atoms with Crippen molar-refractivity contribution in [2.45, 2.75) is 0 Å². The van der Waals surface area contributed by atoms with Gasteiger partial charge in [-0.25, -0.2) is 0 Å². The van der Waals surface area contributed by atoms with Gasteiger partial charge in [0, 0.05) is 0 Å². The first kappa shape index (κ1) is 108. The van der Waals surface area contributed by atoms with Gasteiger partial charge in [-0.05, 0) is 0 Å². The maximum Gasteiger partial charge on any atom is 4.00 e. The smallest absolute Gasteiger partial charge is 2.00 e. The molecule has 0 aromatic carbocycles. The summed E-state index contributed by atoms with van der Waals surface area (Å²) in [6, 6.07) is 0. The van der Waals surface area contributed by atoms with Gasteiger partial charge < -0.3 is 16.4 Å². The molecule has 2 N–H and O–H groups in total. The summed E-state index contributed by atoms with van der Waals surface area (Å²) in [6.07, 6.45) is 0. The van der Waals surface area contributed by atoms with E-state index in [2.05, 4.69) is 0 Å². The van der Waals surface area contributed by atoms with Crippen molar-refractivity contribution in [1.82, 2.24) is 0 Å². The van der Waals surface area contributed by atoms with Gasteiger partial charge >= 0.3 is 27.3 Å². The Labute approximate surface area is 44.1 Å². The summed E-state index contributed by atoms with van der Waals surface area (Å²) in [7, 11) is 0. The molecule has 0 unspecified atom stereocenters. The minimum Gasteiger partial charge on any atom is -2.00 e. The van der Waals surface area contributed by atoms with Crippen molar-refractivity contribution in [1.29, 1.82) is 0 Å². The summed E-state index contributed by atoms with van der Waals surface area (Å²) in [5.41, 5.74) is 0. The van der Waals surface area contributed by atoms with Crippen molar-refractivity contribution >= 4 is 27.3 Å². The van der Waals surface area contributed by atoms with E-state index in [0.717, 1.165) is 0 Å². The van der Waals surface area contributed by atoms with Crippen LogP contribution in [0.5, 0.6) is 0 Å². The zero-order chi connectivity index (χ0) is 0. The molecule has 4 heavy (non-hydrogen) atoms. The molecule has 0 radical (unpaired) electrons. The molecule has 0 aliphatic rings. The Kier molecular flexibility index (Phi) is 1250. The Bertz CT molecular complexity index is 3.25. The van der Waals surface area contributed by atoms with Crippen molar-refractivity contribution in [2.75, 3.05) is 0 Å². The molecule has 0 fully saturated rings. The second kappa shape index (κ2) is 46.4. The summed E-state index contributed by atoms with van der Waals surface area (Å²) in [4.78, 5) is 0. The minimum atomic E-state index is 0. The van der Waals surface area contributed by atoms with Crippen LogP contribution in [-0.4, -0.2) is 38.3 Å². The van der Waals surface area contributed by atoms with Crippen LogP contribution in [0.3, 0.4) is 0 Å². The van der Waals surface area contributed by atoms with Crippen LogP contribution >= 0.6 is 0 Å². The van der Waals surface area contributed by atoms with Gasteiger partial charge in [-0.1, -0.05) is 0 Å². The van der Waals surface area contributed by atoms with Gasteiger partial charge in [0.25, 0.3) is 0 Å². The molecule has 3 nitrogen and oxygen atoms in total. The standard InChI is InChI=1S/2H2O.O.Pb/h2*1H2;;/q;;-2;+4/p-2. The topological polar surface area (TPSA) is 88.5 Å². The molecule has 0 atom stereocenters. The molecule has 0 aliphatic carbocycles. The van der Waals surface area contributed by atoms with Crippen LogP contribution in [0.2, 0.25) is 0 Å². The molecule has 0 bridgehead atoms. The fourth-order valence-electron chi connectivity index (χ4n) is 0. The van der Waals surface area contributed by atoms with Crippen LogP contribution in [-0.2, 0) is 5.48 Å². The monoisotopic (exact) mass is 258 g/mol. The number of hydrogen-bond acceptors (Lipinski definition) is 2. The van der Waals surface area contributed by atoms with Gasteiger partial charge in [-0.15, -0.1) is 0 Å². The molecule has 0 rings (SSSR count). The summed E-state index contributed by atoms with van der Waals surface area (Å²) in [5, 5.41) is 0. The van der Waals surface area contributed by atoms with E-state index < -0.39 is 0 Å². The van der Waals surface area contributed by atoms with Gasteiger partial charge in [0.05, 0.1) is 0 Å². The second-order valence-corrected chi connectivity index (χ2v) is 0. The van der Waals surface area contributed by atoms with E-state index in [9.17, 15) is 0 Å². The molecule has 0 saturated heterocycles. The van der Waals surface area contributed by atoms with E-state index in [1.165, 1.54) is 0 Å². The number of hydrogen-bond donors (Lipinski definition) is 0. The molecule has 0 spiro atoms. The van der Waals surface area contributed by atoms with Crippen molar-refractivity contribution in [3.8, 4) is 0 Å². The van der Waals surface area contributed by atoms with Crippen LogP contribution in [0.15, 0.2) is 0 Å². The third-order valence-electron chi connectivity index (χ3n) is 0. The molecular weight excluding hydrogens is 255 g/mol. The van der Waals surface area contributed by atoms with E-state index in [0.29, 0.717) is 0 Å². The third kappa shape index (κ3) is 14.1. The molecule has 24 valence electrons. The summed E-state index contributed by atoms with van der Waals surface area (Å²) >= 11 is 0. The van der Waals surface area contributed by atoms with Crippen LogP contribution in [0, 0.1) is 0 Å². The average molecular weight is 257 g/mol. The fraction of sp³-hybridized carbons (Fsp3) is 0. The summed E-state index contributed by atoms with van der Waals surface area (Å²) < 4.78 is 0. The zero-order valence-corrected chi connectivity index (χ0v) is 5.69. The molecular formula is H2O3Pb. The van der Waals surface area contributed by atoms with Crippen molar-refractivity contribution in [3.63, 3.8) is 0 Å². The Morgan fingerprint density at radius 2 is 0.750 bits per heavy atom. The first-order chi connectivity index (χ1) is 0. The number of rotatable bonds is 0. The van der Waals surface area contributed by atoms with E-state index in [-0.39, 0.29) is 43.7 Å². The maximum atomic E-state index is 0. The first-order valence-corrected chi connectivity index (χ1v) is 0. The molecule has 0 aromatic rings. The van der Waals surface area contributed by atoms with E-state index in [1.807, 2.05) is 0 Å². The predicted octanol–water partition coefficient (Wildman–Crippen LogP) is -0.853. The van der Waals surface area contributed by atoms with Gasteiger partial charge in [0.1, 0.15) is 0 Å². The van der Waals surface area contributed by atoms with Crippen LogP contribution in [0.4, 0.5) is 0 Å². The first-order valence-electron chi connectivity index (χ1n) is 0. The van der Waals surface area contributed by atoms with Crippen molar-refractivity contribution in [2.24, 2.45) is 0 Å². The largest absolute Gasteiger partial charge is 4.00 e. The van der Waals surface area contributed by atoms with Crippen LogP contribution in [0.1, 0.15) is 0 Å². The molecule has 0 saturated carbocycles. The van der Waals surface area contributed by atoms with E-state index >= 15 is 0 Å². The Morgan fingerprint density at radius 3 is 0.750 bits per heavy atom. The van der Waals surface area contributed by atoms with Crippen molar-refractivity contribution in [3.05, 3.63) is 0 Å². The van der Waals surface area contributed by atoms with Gasteiger partial charge in [-0.2, -0.15) is 0 Å². The predicted molar refractivity (Wildman–Crippen MR) is 10.3 cm³/mol. The van der Waals surface area contributed by atoms with Gasteiger partial charge in [0.15, 0.2) is 0 Å². The normalized spacial score (nSPS) is 0. The Hall–Kier alpha value is 0.802.